The van der Waals surface area contributed by atoms with Crippen molar-refractivity contribution in [3.8, 4) is 11.3 Å². The topological polar surface area (TPSA) is 30.7 Å². The zero-order valence-electron chi connectivity index (χ0n) is 15.4. The maximum atomic E-state index is 13.0. The van der Waals surface area contributed by atoms with Gasteiger partial charge in [0.1, 0.15) is 5.52 Å². The molecule has 0 aliphatic heterocycles. The fourth-order valence-electron chi connectivity index (χ4n) is 3.75. The minimum absolute atomic E-state index is 0.0179. The molecule has 2 heterocycles. The number of imidazole rings is 1. The summed E-state index contributed by atoms with van der Waals surface area (Å²) in [5.41, 5.74) is 1.81. The molecule has 0 amide bonds. The number of hydrogen-bond acceptors (Lipinski definition) is 3. The van der Waals surface area contributed by atoms with Crippen molar-refractivity contribution in [1.82, 2.24) is 14.5 Å². The van der Waals surface area contributed by atoms with E-state index in [1.165, 1.54) is 18.9 Å². The first-order valence-electron chi connectivity index (χ1n) is 9.13. The third-order valence-corrected chi connectivity index (χ3v) is 6.19. The summed E-state index contributed by atoms with van der Waals surface area (Å²) < 4.78 is 41.2. The SMILES string of the molecule is CCC(C1CC1)n1c(SC)nc2c(-c3ccc(C(F)(F)F)cc3Cl)nccc21. The smallest absolute Gasteiger partial charge is 0.315 e. The van der Waals surface area contributed by atoms with Gasteiger partial charge in [-0.2, -0.15) is 13.2 Å². The number of rotatable bonds is 5. The van der Waals surface area contributed by atoms with Gasteiger partial charge in [0.05, 0.1) is 21.8 Å². The largest absolute Gasteiger partial charge is 0.416 e. The Morgan fingerprint density at radius 3 is 2.61 bits per heavy atom. The molecule has 148 valence electrons. The Kier molecular flexibility index (Phi) is 5.08. The molecule has 0 saturated heterocycles. The Bertz CT molecular complexity index is 1030. The average molecular weight is 426 g/mol. The van der Waals surface area contributed by atoms with Crippen LogP contribution in [0.5, 0.6) is 0 Å². The van der Waals surface area contributed by atoms with Gasteiger partial charge in [0.25, 0.3) is 0 Å². The lowest BCUT2D eigenvalue weighted by Gasteiger charge is -2.19. The van der Waals surface area contributed by atoms with Crippen molar-refractivity contribution < 1.29 is 13.2 Å². The molecule has 1 atom stereocenters. The first kappa shape index (κ1) is 19.6. The minimum atomic E-state index is -4.44. The molecule has 8 heteroatoms. The molecule has 1 unspecified atom stereocenters. The standard InChI is InChI=1S/C20H19ClF3N3S/c1-3-15(11-4-5-11)27-16-8-9-25-17(18(16)26-19(27)28-2)13-7-6-12(10-14(13)21)20(22,23)24/h6-11,15H,3-5H2,1-2H3. The van der Waals surface area contributed by atoms with Crippen molar-refractivity contribution >= 4 is 34.4 Å². The molecular weight excluding hydrogens is 407 g/mol. The molecule has 2 aromatic heterocycles. The predicted molar refractivity (Wildman–Crippen MR) is 107 cm³/mol. The maximum Gasteiger partial charge on any atom is 0.416 e. The van der Waals surface area contributed by atoms with Crippen molar-refractivity contribution in [2.24, 2.45) is 5.92 Å². The highest BCUT2D eigenvalue weighted by molar-refractivity contribution is 7.98. The van der Waals surface area contributed by atoms with Crippen LogP contribution in [0.4, 0.5) is 13.2 Å². The Balaban J connectivity index is 1.89. The number of alkyl halides is 3. The van der Waals surface area contributed by atoms with E-state index in [1.54, 1.807) is 18.0 Å². The van der Waals surface area contributed by atoms with Crippen molar-refractivity contribution in [2.45, 2.75) is 43.6 Å². The van der Waals surface area contributed by atoms with Crippen LogP contribution in [0, 0.1) is 5.92 Å². The van der Waals surface area contributed by atoms with Crippen LogP contribution in [-0.4, -0.2) is 20.8 Å². The van der Waals surface area contributed by atoms with Crippen LogP contribution in [0.2, 0.25) is 5.02 Å². The van der Waals surface area contributed by atoms with Crippen molar-refractivity contribution in [3.63, 3.8) is 0 Å². The first-order chi connectivity index (χ1) is 13.3. The number of aromatic nitrogens is 3. The van der Waals surface area contributed by atoms with Crippen molar-refractivity contribution in [2.75, 3.05) is 6.26 Å². The Hall–Kier alpha value is -1.73. The number of thioether (sulfide) groups is 1. The number of fused-ring (bicyclic) bond motifs is 1. The Morgan fingerprint density at radius 1 is 1.29 bits per heavy atom. The first-order valence-corrected chi connectivity index (χ1v) is 10.7. The molecule has 28 heavy (non-hydrogen) atoms. The van der Waals surface area contributed by atoms with E-state index >= 15 is 0 Å². The van der Waals surface area contributed by atoms with Crippen LogP contribution >= 0.6 is 23.4 Å². The molecule has 0 N–H and O–H groups in total. The predicted octanol–water partition coefficient (Wildman–Crippen LogP) is 6.85. The van der Waals surface area contributed by atoms with E-state index in [0.717, 1.165) is 29.2 Å². The van der Waals surface area contributed by atoms with Crippen LogP contribution in [-0.2, 0) is 6.18 Å². The van der Waals surface area contributed by atoms with Gasteiger partial charge in [-0.05, 0) is 49.6 Å². The van der Waals surface area contributed by atoms with Gasteiger partial charge in [-0.3, -0.25) is 4.98 Å². The fraction of sp³-hybridized carbons (Fsp3) is 0.400. The molecule has 3 nitrogen and oxygen atoms in total. The molecule has 0 bridgehead atoms. The van der Waals surface area contributed by atoms with E-state index in [2.05, 4.69) is 16.5 Å². The highest BCUT2D eigenvalue weighted by Crippen LogP contribution is 2.45. The van der Waals surface area contributed by atoms with Gasteiger partial charge in [-0.15, -0.1) is 0 Å². The summed E-state index contributed by atoms with van der Waals surface area (Å²) in [7, 11) is 0. The minimum Gasteiger partial charge on any atom is -0.315 e. The third-order valence-electron chi connectivity index (χ3n) is 5.23. The number of nitrogens with zero attached hydrogens (tertiary/aromatic N) is 3. The van der Waals surface area contributed by atoms with E-state index in [-0.39, 0.29) is 5.02 Å². The number of hydrogen-bond donors (Lipinski definition) is 0. The number of benzene rings is 1. The summed E-state index contributed by atoms with van der Waals surface area (Å²) >= 11 is 7.79. The van der Waals surface area contributed by atoms with Gasteiger partial charge in [0.15, 0.2) is 5.16 Å². The van der Waals surface area contributed by atoms with Crippen molar-refractivity contribution in [3.05, 3.63) is 41.0 Å². The monoisotopic (exact) mass is 425 g/mol. The summed E-state index contributed by atoms with van der Waals surface area (Å²) in [6.07, 6.45) is 2.66. The highest BCUT2D eigenvalue weighted by atomic mass is 35.5. The zero-order valence-corrected chi connectivity index (χ0v) is 17.0. The molecule has 1 saturated carbocycles. The second-order valence-electron chi connectivity index (χ2n) is 7.00. The quantitative estimate of drug-likeness (QED) is 0.418. The van der Waals surface area contributed by atoms with E-state index in [9.17, 15) is 13.2 Å². The summed E-state index contributed by atoms with van der Waals surface area (Å²) in [5.74, 6) is 0.652. The molecule has 0 radical (unpaired) electrons. The third kappa shape index (κ3) is 3.39. The van der Waals surface area contributed by atoms with Gasteiger partial charge < -0.3 is 4.57 Å². The number of halogens is 4. The van der Waals surface area contributed by atoms with E-state index in [4.69, 9.17) is 16.6 Å². The Labute approximate surface area is 170 Å². The number of pyridine rings is 1. The lowest BCUT2D eigenvalue weighted by atomic mass is 10.1. The molecule has 4 rings (SSSR count). The summed E-state index contributed by atoms with van der Waals surface area (Å²) in [5, 5.41) is 0.912. The molecule has 1 fully saturated rings. The van der Waals surface area contributed by atoms with E-state index < -0.39 is 11.7 Å². The zero-order chi connectivity index (χ0) is 20.1. The summed E-state index contributed by atoms with van der Waals surface area (Å²) in [6.45, 7) is 2.17. The van der Waals surface area contributed by atoms with Crippen LogP contribution in [0.25, 0.3) is 22.3 Å². The summed E-state index contributed by atoms with van der Waals surface area (Å²) in [6, 6.07) is 5.65. The fourth-order valence-corrected chi connectivity index (χ4v) is 4.64. The molecule has 1 aliphatic rings. The van der Waals surface area contributed by atoms with Gasteiger partial charge >= 0.3 is 6.18 Å². The van der Waals surface area contributed by atoms with Gasteiger partial charge in [0, 0.05) is 17.8 Å². The molecule has 1 aromatic carbocycles. The lowest BCUT2D eigenvalue weighted by molar-refractivity contribution is -0.137. The van der Waals surface area contributed by atoms with Gasteiger partial charge in [-0.1, -0.05) is 36.4 Å². The molecule has 3 aromatic rings. The van der Waals surface area contributed by atoms with Crippen LogP contribution in [0.1, 0.15) is 37.8 Å². The molecule has 0 spiro atoms. The van der Waals surface area contributed by atoms with Crippen LogP contribution in [0.15, 0.2) is 35.6 Å². The van der Waals surface area contributed by atoms with Crippen molar-refractivity contribution in [1.29, 1.82) is 0 Å². The van der Waals surface area contributed by atoms with Gasteiger partial charge in [0.2, 0.25) is 0 Å². The second kappa shape index (κ2) is 7.26. The second-order valence-corrected chi connectivity index (χ2v) is 8.18. The average Bonchev–Trinajstić information content (AvgIpc) is 3.42. The highest BCUT2D eigenvalue weighted by Gasteiger charge is 2.34. The maximum absolute atomic E-state index is 13.0. The van der Waals surface area contributed by atoms with Gasteiger partial charge in [-0.25, -0.2) is 4.98 Å². The van der Waals surface area contributed by atoms with E-state index in [1.807, 2.05) is 12.3 Å². The normalized spacial score (nSPS) is 15.9. The Morgan fingerprint density at radius 2 is 2.04 bits per heavy atom. The van der Waals surface area contributed by atoms with Crippen LogP contribution < -0.4 is 0 Å². The summed E-state index contributed by atoms with van der Waals surface area (Å²) in [4.78, 5) is 9.19. The van der Waals surface area contributed by atoms with E-state index in [0.29, 0.717) is 28.7 Å². The lowest BCUT2D eigenvalue weighted by Crippen LogP contribution is -2.11. The molecule has 1 aliphatic carbocycles. The molecular formula is C20H19ClF3N3S. The van der Waals surface area contributed by atoms with Crippen LogP contribution in [0.3, 0.4) is 0 Å².